The molecule has 3 aromatic rings. The molecule has 7 nitrogen and oxygen atoms in total. The number of rotatable bonds is 3. The Morgan fingerprint density at radius 1 is 0.971 bits per heavy atom. The maximum atomic E-state index is 13.7. The zero-order valence-corrected chi connectivity index (χ0v) is 20.1. The van der Waals surface area contributed by atoms with Gasteiger partial charge in [-0.05, 0) is 62.3 Å². The van der Waals surface area contributed by atoms with Crippen LogP contribution in [0.4, 0.5) is 10.5 Å². The molecule has 2 aliphatic heterocycles. The summed E-state index contributed by atoms with van der Waals surface area (Å²) in [5.74, 6) is 0.186. The third-order valence-electron chi connectivity index (χ3n) is 8.07. The Morgan fingerprint density at radius 2 is 1.69 bits per heavy atom. The molecule has 2 aromatic carbocycles. The van der Waals surface area contributed by atoms with Crippen molar-refractivity contribution in [2.75, 3.05) is 4.90 Å². The lowest BCUT2D eigenvalue weighted by molar-refractivity contribution is -0.120. The Balaban J connectivity index is 1.31. The van der Waals surface area contributed by atoms with Crippen molar-refractivity contribution >= 4 is 34.4 Å². The molecule has 35 heavy (non-hydrogen) atoms. The van der Waals surface area contributed by atoms with Crippen LogP contribution in [0.25, 0.3) is 10.9 Å². The number of anilines is 1. The zero-order valence-electron chi connectivity index (χ0n) is 20.1. The number of amides is 4. The van der Waals surface area contributed by atoms with Crippen molar-refractivity contribution in [1.82, 2.24) is 15.2 Å². The van der Waals surface area contributed by atoms with E-state index in [9.17, 15) is 14.4 Å². The predicted molar refractivity (Wildman–Crippen MR) is 134 cm³/mol. The van der Waals surface area contributed by atoms with Gasteiger partial charge in [0.2, 0.25) is 0 Å². The second-order valence-electron chi connectivity index (χ2n) is 10.3. The van der Waals surface area contributed by atoms with Crippen molar-refractivity contribution < 1.29 is 14.4 Å². The molecule has 7 heteroatoms. The molecular weight excluding hydrogens is 440 g/mol. The second-order valence-corrected chi connectivity index (χ2v) is 10.3. The fourth-order valence-electron chi connectivity index (χ4n) is 6.11. The molecule has 2 atom stereocenters. The van der Waals surface area contributed by atoms with Crippen molar-refractivity contribution in [1.29, 1.82) is 0 Å². The molecular formula is C28H30N4O3. The Labute approximate surface area is 204 Å². The number of aromatic nitrogens is 1. The third kappa shape index (κ3) is 3.44. The van der Waals surface area contributed by atoms with Gasteiger partial charge in [0.15, 0.2) is 0 Å². The summed E-state index contributed by atoms with van der Waals surface area (Å²) in [6, 6.07) is 13.9. The second kappa shape index (κ2) is 8.26. The largest absolute Gasteiger partial charge is 0.356 e. The average Bonchev–Trinajstić information content (AvgIpc) is 3.36. The lowest BCUT2D eigenvalue weighted by Gasteiger charge is -2.33. The summed E-state index contributed by atoms with van der Waals surface area (Å²) >= 11 is 0. The molecule has 0 bridgehead atoms. The molecule has 1 saturated carbocycles. The van der Waals surface area contributed by atoms with E-state index in [2.05, 4.69) is 23.3 Å². The standard InChI is InChI=1S/C28H30N4O3/c1-16-11-13-18(14-12-16)29-26(33)20-8-4-6-10-23(20)32-27(34)24-15-21-19-7-3-5-9-22(19)30-25(21)17(2)31(24)28(32)35/h3-10,16-18,24,30H,11-15H2,1-2H3,(H,29,33). The minimum atomic E-state index is -0.583. The van der Waals surface area contributed by atoms with Crippen molar-refractivity contribution in [2.24, 2.45) is 5.92 Å². The number of hydrogen-bond donors (Lipinski definition) is 2. The van der Waals surface area contributed by atoms with Gasteiger partial charge in [-0.25, -0.2) is 9.69 Å². The monoisotopic (exact) mass is 470 g/mol. The molecule has 2 fully saturated rings. The average molecular weight is 471 g/mol. The predicted octanol–water partition coefficient (Wildman–Crippen LogP) is 4.93. The first kappa shape index (κ1) is 21.9. The summed E-state index contributed by atoms with van der Waals surface area (Å²) in [7, 11) is 0. The molecule has 2 unspecified atom stereocenters. The van der Waals surface area contributed by atoms with Crippen molar-refractivity contribution in [3.8, 4) is 0 Å². The maximum absolute atomic E-state index is 13.7. The van der Waals surface area contributed by atoms with Gasteiger partial charge >= 0.3 is 6.03 Å². The highest BCUT2D eigenvalue weighted by Gasteiger charge is 2.52. The first-order valence-corrected chi connectivity index (χ1v) is 12.6. The molecule has 6 rings (SSSR count). The number of nitrogens with zero attached hydrogens (tertiary/aromatic N) is 2. The minimum absolute atomic E-state index is 0.126. The number of H-pyrrole nitrogens is 1. The van der Waals surface area contributed by atoms with Crippen LogP contribution in [0.1, 0.15) is 67.2 Å². The van der Waals surface area contributed by atoms with Crippen LogP contribution >= 0.6 is 0 Å². The molecule has 4 amide bonds. The van der Waals surface area contributed by atoms with E-state index in [0.717, 1.165) is 47.8 Å². The molecule has 1 aliphatic carbocycles. The van der Waals surface area contributed by atoms with Crippen LogP contribution in [0.15, 0.2) is 48.5 Å². The Kier molecular flexibility index (Phi) is 5.16. The van der Waals surface area contributed by atoms with E-state index < -0.39 is 6.04 Å². The normalized spacial score (nSPS) is 26.1. The summed E-state index contributed by atoms with van der Waals surface area (Å²) in [5, 5.41) is 4.24. The first-order chi connectivity index (χ1) is 16.9. The minimum Gasteiger partial charge on any atom is -0.356 e. The number of urea groups is 1. The van der Waals surface area contributed by atoms with Gasteiger partial charge < -0.3 is 15.2 Å². The molecule has 3 aliphatic rings. The van der Waals surface area contributed by atoms with Gasteiger partial charge in [-0.3, -0.25) is 9.59 Å². The SMILES string of the molecule is CC1CCC(NC(=O)c2ccccc2N2C(=O)C3Cc4c([nH]c5ccccc45)C(C)N3C2=O)CC1. The molecule has 0 radical (unpaired) electrons. The Hall–Kier alpha value is -3.61. The van der Waals surface area contributed by atoms with Gasteiger partial charge in [-0.2, -0.15) is 0 Å². The topological polar surface area (TPSA) is 85.5 Å². The lowest BCUT2D eigenvalue weighted by atomic mass is 9.87. The number of benzene rings is 2. The van der Waals surface area contributed by atoms with E-state index in [4.69, 9.17) is 0 Å². The van der Waals surface area contributed by atoms with Gasteiger partial charge in [-0.15, -0.1) is 0 Å². The summed E-state index contributed by atoms with van der Waals surface area (Å²) in [4.78, 5) is 47.0. The molecule has 3 heterocycles. The van der Waals surface area contributed by atoms with Crippen molar-refractivity contribution in [3.63, 3.8) is 0 Å². The number of fused-ring (bicyclic) bond motifs is 4. The number of imide groups is 1. The van der Waals surface area contributed by atoms with Gasteiger partial charge in [0.05, 0.1) is 17.3 Å². The van der Waals surface area contributed by atoms with E-state index in [-0.39, 0.29) is 29.9 Å². The number of aromatic amines is 1. The van der Waals surface area contributed by atoms with Crippen molar-refractivity contribution in [2.45, 2.75) is 64.1 Å². The van der Waals surface area contributed by atoms with E-state index in [1.165, 1.54) is 4.90 Å². The number of para-hydroxylation sites is 2. The summed E-state index contributed by atoms with van der Waals surface area (Å²) in [6.07, 6.45) is 4.56. The van der Waals surface area contributed by atoms with Crippen LogP contribution in [-0.4, -0.2) is 39.8 Å². The highest BCUT2D eigenvalue weighted by molar-refractivity contribution is 6.24. The quantitative estimate of drug-likeness (QED) is 0.532. The lowest BCUT2D eigenvalue weighted by Crippen LogP contribution is -2.42. The molecule has 180 valence electrons. The van der Waals surface area contributed by atoms with Crippen LogP contribution in [0, 0.1) is 5.92 Å². The number of carbonyl (C=O) groups excluding carboxylic acids is 3. The molecule has 1 saturated heterocycles. The van der Waals surface area contributed by atoms with Crippen molar-refractivity contribution in [3.05, 3.63) is 65.4 Å². The molecule has 2 N–H and O–H groups in total. The number of hydrogen-bond acceptors (Lipinski definition) is 3. The fraction of sp³-hybridized carbons (Fsp3) is 0.393. The van der Waals surface area contributed by atoms with Crippen LogP contribution in [-0.2, 0) is 11.2 Å². The number of carbonyl (C=O) groups is 3. The maximum Gasteiger partial charge on any atom is 0.332 e. The highest BCUT2D eigenvalue weighted by Crippen LogP contribution is 2.42. The van der Waals surface area contributed by atoms with Gasteiger partial charge in [0.1, 0.15) is 6.04 Å². The van der Waals surface area contributed by atoms with Gasteiger partial charge in [-0.1, -0.05) is 37.3 Å². The van der Waals surface area contributed by atoms with Crippen LogP contribution in [0.3, 0.4) is 0 Å². The van der Waals surface area contributed by atoms with E-state index in [1.54, 1.807) is 29.2 Å². The van der Waals surface area contributed by atoms with E-state index >= 15 is 0 Å². The fourth-order valence-corrected chi connectivity index (χ4v) is 6.11. The smallest absolute Gasteiger partial charge is 0.332 e. The molecule has 0 spiro atoms. The Morgan fingerprint density at radius 3 is 2.49 bits per heavy atom. The third-order valence-corrected chi connectivity index (χ3v) is 8.07. The van der Waals surface area contributed by atoms with Crippen LogP contribution in [0.2, 0.25) is 0 Å². The van der Waals surface area contributed by atoms with Crippen LogP contribution < -0.4 is 10.2 Å². The van der Waals surface area contributed by atoms with E-state index in [1.807, 2.05) is 25.1 Å². The number of nitrogens with one attached hydrogen (secondary N) is 2. The van der Waals surface area contributed by atoms with Crippen LogP contribution in [0.5, 0.6) is 0 Å². The first-order valence-electron chi connectivity index (χ1n) is 12.6. The summed E-state index contributed by atoms with van der Waals surface area (Å²) < 4.78 is 0. The summed E-state index contributed by atoms with van der Waals surface area (Å²) in [5.41, 5.74) is 3.81. The zero-order chi connectivity index (χ0) is 24.3. The molecule has 1 aromatic heterocycles. The van der Waals surface area contributed by atoms with Gasteiger partial charge in [0.25, 0.3) is 11.8 Å². The van der Waals surface area contributed by atoms with Gasteiger partial charge in [0, 0.05) is 29.1 Å². The van der Waals surface area contributed by atoms with E-state index in [0.29, 0.717) is 23.6 Å². The Bertz CT molecular complexity index is 1340. The highest BCUT2D eigenvalue weighted by atomic mass is 16.2. The summed E-state index contributed by atoms with van der Waals surface area (Å²) in [6.45, 7) is 4.20.